The number of hydrogen-bond acceptors (Lipinski definition) is 6. The number of likely N-dealkylation sites (tertiary alicyclic amines) is 1. The first-order valence-corrected chi connectivity index (χ1v) is 10.4. The molecular formula is C21H26FN3O4. The number of hydrogen-bond donors (Lipinski definition) is 2. The molecule has 2 aliphatic carbocycles. The van der Waals surface area contributed by atoms with Crippen molar-refractivity contribution in [3.8, 4) is 0 Å². The number of ketones is 1. The van der Waals surface area contributed by atoms with Crippen LogP contribution in [0.25, 0.3) is 0 Å². The molecule has 5 rings (SSSR count). The van der Waals surface area contributed by atoms with Crippen molar-refractivity contribution in [2.75, 3.05) is 26.7 Å². The van der Waals surface area contributed by atoms with Crippen LogP contribution in [0.2, 0.25) is 0 Å². The summed E-state index contributed by atoms with van der Waals surface area (Å²) in [6.07, 6.45) is 5.42. The molecule has 2 N–H and O–H groups in total. The van der Waals surface area contributed by atoms with Crippen molar-refractivity contribution in [2.45, 2.75) is 44.2 Å². The lowest BCUT2D eigenvalue weighted by Crippen LogP contribution is -2.42. The van der Waals surface area contributed by atoms with Crippen molar-refractivity contribution in [3.05, 3.63) is 34.8 Å². The van der Waals surface area contributed by atoms with Crippen molar-refractivity contribution in [2.24, 2.45) is 11.8 Å². The normalized spacial score (nSPS) is 32.3. The number of carboxylic acids is 1. The zero-order valence-electron chi connectivity index (χ0n) is 16.5. The van der Waals surface area contributed by atoms with Gasteiger partial charge in [-0.1, -0.05) is 0 Å². The summed E-state index contributed by atoms with van der Waals surface area (Å²) in [5.74, 6) is -2.15. The van der Waals surface area contributed by atoms with Crippen LogP contribution in [0.4, 0.5) is 4.39 Å². The summed E-state index contributed by atoms with van der Waals surface area (Å²) in [6, 6.07) is 0.487. The van der Waals surface area contributed by atoms with Gasteiger partial charge in [0.1, 0.15) is 17.1 Å². The number of methoxy groups -OCH3 is 1. The van der Waals surface area contributed by atoms with E-state index < -0.39 is 17.7 Å². The number of Topliss-reactive ketones (excluding diaryl/α,β-unsaturated/α-hetero) is 1. The molecule has 29 heavy (non-hydrogen) atoms. The first-order chi connectivity index (χ1) is 14.0. The SMILES string of the molecule is COC1=C2C(CC(F)=C1N1CC3NCCC[C@H]3C1)C(=O)C(C(=O)O)=CN2C1CC1. The topological polar surface area (TPSA) is 82.1 Å². The Morgan fingerprint density at radius 1 is 1.31 bits per heavy atom. The number of carbonyl (C=O) groups is 2. The van der Waals surface area contributed by atoms with E-state index in [1.165, 1.54) is 13.3 Å². The van der Waals surface area contributed by atoms with Gasteiger partial charge < -0.3 is 25.0 Å². The molecule has 5 aliphatic rings. The predicted octanol–water partition coefficient (Wildman–Crippen LogP) is 1.74. The Hall–Kier alpha value is -2.35. The minimum atomic E-state index is -1.26. The third-order valence-corrected chi connectivity index (χ3v) is 6.84. The number of allylic oxidation sites excluding steroid dienone is 2. The number of nitrogens with zero attached hydrogens (tertiary/aromatic N) is 2. The van der Waals surface area contributed by atoms with Crippen LogP contribution in [0.1, 0.15) is 32.1 Å². The second-order valence-electron chi connectivity index (χ2n) is 8.65. The summed E-state index contributed by atoms with van der Waals surface area (Å²) >= 11 is 0. The highest BCUT2D eigenvalue weighted by Crippen LogP contribution is 2.47. The lowest BCUT2D eigenvalue weighted by atomic mass is 9.83. The highest BCUT2D eigenvalue weighted by molar-refractivity contribution is 6.19. The molecule has 156 valence electrons. The molecule has 3 aliphatic heterocycles. The van der Waals surface area contributed by atoms with E-state index in [9.17, 15) is 14.7 Å². The first kappa shape index (κ1) is 18.7. The zero-order valence-corrected chi connectivity index (χ0v) is 16.5. The minimum absolute atomic E-state index is 0.108. The van der Waals surface area contributed by atoms with E-state index in [0.29, 0.717) is 35.7 Å². The van der Waals surface area contributed by atoms with E-state index in [0.717, 1.165) is 38.8 Å². The van der Waals surface area contributed by atoms with Crippen molar-refractivity contribution >= 4 is 11.8 Å². The van der Waals surface area contributed by atoms with E-state index in [-0.39, 0.29) is 23.9 Å². The number of carboxylic acid groups (broad SMARTS) is 1. The van der Waals surface area contributed by atoms with Crippen LogP contribution >= 0.6 is 0 Å². The number of fused-ring (bicyclic) bond motifs is 2. The van der Waals surface area contributed by atoms with Crippen LogP contribution in [0, 0.1) is 11.8 Å². The number of carbonyl (C=O) groups excluding carboxylic acids is 1. The Bertz CT molecular complexity index is 846. The van der Waals surface area contributed by atoms with Gasteiger partial charge in [-0.15, -0.1) is 0 Å². The molecule has 1 saturated carbocycles. The van der Waals surface area contributed by atoms with Crippen molar-refractivity contribution < 1.29 is 23.8 Å². The van der Waals surface area contributed by atoms with Crippen molar-refractivity contribution in [3.63, 3.8) is 0 Å². The number of ether oxygens (including phenoxy) is 1. The summed E-state index contributed by atoms with van der Waals surface area (Å²) in [7, 11) is 1.51. The fourth-order valence-corrected chi connectivity index (χ4v) is 5.31. The van der Waals surface area contributed by atoms with Crippen LogP contribution in [0.5, 0.6) is 0 Å². The van der Waals surface area contributed by atoms with E-state index in [1.807, 2.05) is 4.90 Å². The molecule has 0 amide bonds. The molecule has 3 fully saturated rings. The fourth-order valence-electron chi connectivity index (χ4n) is 5.31. The second kappa shape index (κ2) is 6.86. The summed E-state index contributed by atoms with van der Waals surface area (Å²) in [5.41, 5.74) is 0.804. The van der Waals surface area contributed by atoms with E-state index in [2.05, 4.69) is 10.2 Å². The van der Waals surface area contributed by atoms with Crippen LogP contribution in [-0.2, 0) is 14.3 Å². The Morgan fingerprint density at radius 3 is 2.76 bits per heavy atom. The second-order valence-corrected chi connectivity index (χ2v) is 8.65. The van der Waals surface area contributed by atoms with E-state index in [4.69, 9.17) is 4.74 Å². The molecule has 0 aromatic carbocycles. The average molecular weight is 403 g/mol. The number of nitrogens with one attached hydrogen (secondary N) is 1. The Morgan fingerprint density at radius 2 is 2.10 bits per heavy atom. The van der Waals surface area contributed by atoms with Gasteiger partial charge >= 0.3 is 5.97 Å². The van der Waals surface area contributed by atoms with Gasteiger partial charge in [-0.05, 0) is 38.1 Å². The Labute approximate surface area is 168 Å². The monoisotopic (exact) mass is 403 g/mol. The maximum atomic E-state index is 15.4. The smallest absolute Gasteiger partial charge is 0.340 e. The van der Waals surface area contributed by atoms with Gasteiger partial charge in [0.25, 0.3) is 0 Å². The van der Waals surface area contributed by atoms with Crippen molar-refractivity contribution in [1.29, 1.82) is 0 Å². The molecule has 3 atom stereocenters. The molecule has 2 saturated heterocycles. The Kier molecular flexibility index (Phi) is 4.42. The van der Waals surface area contributed by atoms with Crippen LogP contribution in [-0.4, -0.2) is 65.5 Å². The summed E-state index contributed by atoms with van der Waals surface area (Å²) < 4.78 is 21.1. The van der Waals surface area contributed by atoms with Gasteiger partial charge in [0.2, 0.25) is 0 Å². The summed E-state index contributed by atoms with van der Waals surface area (Å²) in [5, 5.41) is 13.0. The largest absolute Gasteiger partial charge is 0.493 e. The molecule has 7 nitrogen and oxygen atoms in total. The van der Waals surface area contributed by atoms with Crippen molar-refractivity contribution in [1.82, 2.24) is 15.1 Å². The Balaban J connectivity index is 1.57. The molecule has 8 heteroatoms. The average Bonchev–Trinajstić information content (AvgIpc) is 3.45. The van der Waals surface area contributed by atoms with Crippen LogP contribution < -0.4 is 5.32 Å². The summed E-state index contributed by atoms with van der Waals surface area (Å²) in [4.78, 5) is 28.4. The fraction of sp³-hybridized carbons (Fsp3) is 0.619. The molecule has 0 spiro atoms. The third kappa shape index (κ3) is 2.96. The number of piperidine rings is 1. The molecule has 0 radical (unpaired) electrons. The molecule has 0 aromatic heterocycles. The molecule has 0 bridgehead atoms. The van der Waals surface area contributed by atoms with Gasteiger partial charge in [-0.3, -0.25) is 4.79 Å². The standard InChI is InChI=1S/C21H26FN3O4/c1-29-20-17-13(19(26)14(21(27)28)9-25(17)12-4-5-12)7-15(22)18(20)24-8-11-3-2-6-23-16(11)10-24/h9,11-13,16,23H,2-8,10H2,1H3,(H,27,28)/t11-,13?,16?/m0/s1. The summed E-state index contributed by atoms with van der Waals surface area (Å²) in [6.45, 7) is 2.47. The predicted molar refractivity (Wildman–Crippen MR) is 102 cm³/mol. The van der Waals surface area contributed by atoms with E-state index in [1.54, 1.807) is 0 Å². The first-order valence-electron chi connectivity index (χ1n) is 10.4. The van der Waals surface area contributed by atoms with Crippen LogP contribution in [0.15, 0.2) is 34.8 Å². The molecular weight excluding hydrogens is 377 g/mol. The number of rotatable bonds is 4. The van der Waals surface area contributed by atoms with E-state index >= 15 is 4.39 Å². The van der Waals surface area contributed by atoms with Gasteiger partial charge in [0.05, 0.1) is 18.7 Å². The zero-order chi connectivity index (χ0) is 20.3. The third-order valence-electron chi connectivity index (χ3n) is 6.84. The van der Waals surface area contributed by atoms with Gasteiger partial charge in [0.15, 0.2) is 11.5 Å². The molecule has 3 heterocycles. The van der Waals surface area contributed by atoms with Gasteiger partial charge in [-0.25, -0.2) is 9.18 Å². The number of halogens is 1. The molecule has 0 aromatic rings. The highest BCUT2D eigenvalue weighted by Gasteiger charge is 2.48. The van der Waals surface area contributed by atoms with Gasteiger partial charge in [-0.2, -0.15) is 0 Å². The quantitative estimate of drug-likeness (QED) is 0.692. The highest BCUT2D eigenvalue weighted by atomic mass is 19.1. The van der Waals surface area contributed by atoms with Gasteiger partial charge in [0, 0.05) is 37.8 Å². The molecule has 2 unspecified atom stereocenters. The maximum absolute atomic E-state index is 15.4. The maximum Gasteiger partial charge on any atom is 0.340 e. The van der Waals surface area contributed by atoms with Crippen LogP contribution in [0.3, 0.4) is 0 Å². The minimum Gasteiger partial charge on any atom is -0.493 e. The lowest BCUT2D eigenvalue weighted by Gasteiger charge is -2.39. The lowest BCUT2D eigenvalue weighted by molar-refractivity contribution is -0.135. The number of aliphatic carboxylic acids is 1.